The van der Waals surface area contributed by atoms with Gasteiger partial charge in [0, 0.05) is 18.3 Å². The van der Waals surface area contributed by atoms with Gasteiger partial charge in [0.15, 0.2) is 0 Å². The zero-order chi connectivity index (χ0) is 12.8. The lowest BCUT2D eigenvalue weighted by Crippen LogP contribution is -2.53. The highest BCUT2D eigenvalue weighted by atomic mass is 28.4. The third-order valence-electron chi connectivity index (χ3n) is 3.76. The fourth-order valence-electron chi connectivity index (χ4n) is 2.12. The van der Waals surface area contributed by atoms with Crippen LogP contribution in [0.25, 0.3) is 0 Å². The summed E-state index contributed by atoms with van der Waals surface area (Å²) >= 11 is 0. The van der Waals surface area contributed by atoms with Gasteiger partial charge in [-0.25, -0.2) is 0 Å². The summed E-state index contributed by atoms with van der Waals surface area (Å²) in [4.78, 5) is 0. The number of hydrogen-bond donors (Lipinski definition) is 0. The maximum absolute atomic E-state index is 6.15. The molecule has 0 aliphatic heterocycles. The SMILES string of the molecule is CCC[Si](OCC)(OCC)C(C)(C)C(C)C. The summed E-state index contributed by atoms with van der Waals surface area (Å²) in [5.41, 5.74) is 0. The second-order valence-electron chi connectivity index (χ2n) is 5.25. The van der Waals surface area contributed by atoms with E-state index in [-0.39, 0.29) is 5.04 Å². The van der Waals surface area contributed by atoms with Crippen LogP contribution in [0.2, 0.25) is 11.1 Å². The smallest absolute Gasteiger partial charge is 0.344 e. The van der Waals surface area contributed by atoms with E-state index in [1.54, 1.807) is 0 Å². The van der Waals surface area contributed by atoms with Gasteiger partial charge in [-0.3, -0.25) is 0 Å². The normalized spacial score (nSPS) is 13.5. The molecule has 2 nitrogen and oxygen atoms in total. The largest absolute Gasteiger partial charge is 0.394 e. The molecular formula is C13H30O2Si. The number of hydrogen-bond acceptors (Lipinski definition) is 2. The van der Waals surface area contributed by atoms with Crippen LogP contribution in [-0.2, 0) is 8.85 Å². The molecule has 0 aromatic carbocycles. The van der Waals surface area contributed by atoms with E-state index in [0.717, 1.165) is 25.7 Å². The molecule has 0 aliphatic carbocycles. The molecule has 0 aromatic rings. The third-order valence-corrected chi connectivity index (χ3v) is 8.97. The van der Waals surface area contributed by atoms with Crippen LogP contribution in [-0.4, -0.2) is 21.8 Å². The standard InChI is InChI=1S/C13H30O2Si/c1-8-11-16(14-9-2,15-10-3)13(6,7)12(4)5/h12H,8-11H2,1-7H3. The molecule has 0 heterocycles. The summed E-state index contributed by atoms with van der Waals surface area (Å²) in [6, 6.07) is 1.10. The Morgan fingerprint density at radius 3 is 1.69 bits per heavy atom. The molecule has 0 radical (unpaired) electrons. The van der Waals surface area contributed by atoms with Crippen LogP contribution in [0.5, 0.6) is 0 Å². The van der Waals surface area contributed by atoms with Crippen molar-refractivity contribution in [1.82, 2.24) is 0 Å². The fourth-order valence-corrected chi connectivity index (χ4v) is 6.35. The molecule has 0 saturated carbocycles. The van der Waals surface area contributed by atoms with E-state index in [0.29, 0.717) is 5.92 Å². The molecule has 0 saturated heterocycles. The van der Waals surface area contributed by atoms with Gasteiger partial charge in [0.25, 0.3) is 0 Å². The van der Waals surface area contributed by atoms with Crippen molar-refractivity contribution < 1.29 is 8.85 Å². The van der Waals surface area contributed by atoms with Crippen molar-refractivity contribution in [3.63, 3.8) is 0 Å². The van der Waals surface area contributed by atoms with E-state index in [1.165, 1.54) is 0 Å². The first kappa shape index (κ1) is 16.1. The summed E-state index contributed by atoms with van der Waals surface area (Å²) < 4.78 is 12.3. The fraction of sp³-hybridized carbons (Fsp3) is 1.00. The van der Waals surface area contributed by atoms with Gasteiger partial charge in [-0.15, -0.1) is 0 Å². The van der Waals surface area contributed by atoms with E-state index in [2.05, 4.69) is 48.5 Å². The molecule has 0 N–H and O–H groups in total. The van der Waals surface area contributed by atoms with Gasteiger partial charge in [-0.05, 0) is 25.8 Å². The molecule has 16 heavy (non-hydrogen) atoms. The average molecular weight is 246 g/mol. The number of rotatable bonds is 8. The van der Waals surface area contributed by atoms with Crippen LogP contribution in [0.3, 0.4) is 0 Å². The van der Waals surface area contributed by atoms with Gasteiger partial charge in [0.05, 0.1) is 0 Å². The first-order valence-electron chi connectivity index (χ1n) is 6.65. The quantitative estimate of drug-likeness (QED) is 0.593. The highest BCUT2D eigenvalue weighted by Gasteiger charge is 2.52. The molecule has 0 spiro atoms. The molecule has 0 amide bonds. The van der Waals surface area contributed by atoms with Crippen LogP contribution in [0.4, 0.5) is 0 Å². The van der Waals surface area contributed by atoms with Crippen LogP contribution < -0.4 is 0 Å². The summed E-state index contributed by atoms with van der Waals surface area (Å²) in [5, 5.41) is 0.162. The lowest BCUT2D eigenvalue weighted by atomic mass is 9.99. The Balaban J connectivity index is 5.12. The van der Waals surface area contributed by atoms with Crippen molar-refractivity contribution in [2.75, 3.05) is 13.2 Å². The first-order valence-corrected chi connectivity index (χ1v) is 8.68. The van der Waals surface area contributed by atoms with Crippen molar-refractivity contribution in [3.8, 4) is 0 Å². The van der Waals surface area contributed by atoms with Crippen molar-refractivity contribution in [2.45, 2.75) is 66.0 Å². The Hall–Kier alpha value is 0.137. The van der Waals surface area contributed by atoms with E-state index < -0.39 is 8.56 Å². The van der Waals surface area contributed by atoms with Crippen LogP contribution in [0, 0.1) is 5.92 Å². The molecule has 0 aromatic heterocycles. The first-order chi connectivity index (χ1) is 7.38. The topological polar surface area (TPSA) is 18.5 Å². The molecular weight excluding hydrogens is 216 g/mol. The van der Waals surface area contributed by atoms with Gasteiger partial charge < -0.3 is 8.85 Å². The Bertz CT molecular complexity index is 173. The summed E-state index contributed by atoms with van der Waals surface area (Å²) in [6.07, 6.45) is 1.14. The van der Waals surface area contributed by atoms with Crippen molar-refractivity contribution in [1.29, 1.82) is 0 Å². The van der Waals surface area contributed by atoms with Gasteiger partial charge in [0.2, 0.25) is 0 Å². The van der Waals surface area contributed by atoms with Gasteiger partial charge in [0.1, 0.15) is 0 Å². The Labute approximate surface area is 103 Å². The molecule has 3 heteroatoms. The Morgan fingerprint density at radius 1 is 1.00 bits per heavy atom. The lowest BCUT2D eigenvalue weighted by molar-refractivity contribution is 0.144. The van der Waals surface area contributed by atoms with Crippen LogP contribution in [0.15, 0.2) is 0 Å². The summed E-state index contributed by atoms with van der Waals surface area (Å²) in [7, 11) is -2.09. The Kier molecular flexibility index (Phi) is 6.83. The molecule has 0 aliphatic rings. The van der Waals surface area contributed by atoms with E-state index in [1.807, 2.05) is 0 Å². The maximum atomic E-state index is 6.15. The van der Waals surface area contributed by atoms with Crippen molar-refractivity contribution in [2.24, 2.45) is 5.92 Å². The predicted molar refractivity (Wildman–Crippen MR) is 73.0 cm³/mol. The minimum absolute atomic E-state index is 0.162. The molecule has 98 valence electrons. The van der Waals surface area contributed by atoms with Gasteiger partial charge >= 0.3 is 8.56 Å². The molecule has 0 atom stereocenters. The van der Waals surface area contributed by atoms with Crippen molar-refractivity contribution >= 4 is 8.56 Å². The van der Waals surface area contributed by atoms with E-state index >= 15 is 0 Å². The lowest BCUT2D eigenvalue weighted by Gasteiger charge is -2.45. The predicted octanol–water partition coefficient (Wildman–Crippen LogP) is 4.35. The second kappa shape index (κ2) is 6.77. The van der Waals surface area contributed by atoms with Crippen LogP contribution >= 0.6 is 0 Å². The van der Waals surface area contributed by atoms with E-state index in [4.69, 9.17) is 8.85 Å². The highest BCUT2D eigenvalue weighted by Crippen LogP contribution is 2.47. The second-order valence-corrected chi connectivity index (χ2v) is 9.12. The average Bonchev–Trinajstić information content (AvgIpc) is 2.18. The Morgan fingerprint density at radius 2 is 1.44 bits per heavy atom. The maximum Gasteiger partial charge on any atom is 0.344 e. The minimum Gasteiger partial charge on any atom is -0.394 e. The molecule has 0 rings (SSSR count). The molecule has 0 fully saturated rings. The van der Waals surface area contributed by atoms with Gasteiger partial charge in [-0.1, -0.05) is 41.0 Å². The summed E-state index contributed by atoms with van der Waals surface area (Å²) in [6.45, 7) is 17.1. The zero-order valence-corrected chi connectivity index (χ0v) is 13.2. The summed E-state index contributed by atoms with van der Waals surface area (Å²) in [5.74, 6) is 0.587. The molecule has 0 bridgehead atoms. The monoisotopic (exact) mass is 246 g/mol. The van der Waals surface area contributed by atoms with Crippen molar-refractivity contribution in [3.05, 3.63) is 0 Å². The minimum atomic E-state index is -2.09. The third kappa shape index (κ3) is 3.31. The van der Waals surface area contributed by atoms with E-state index in [9.17, 15) is 0 Å². The molecule has 0 unspecified atom stereocenters. The zero-order valence-electron chi connectivity index (χ0n) is 12.2. The van der Waals surface area contributed by atoms with Gasteiger partial charge in [-0.2, -0.15) is 0 Å². The van der Waals surface area contributed by atoms with Crippen LogP contribution in [0.1, 0.15) is 54.9 Å². The highest BCUT2D eigenvalue weighted by molar-refractivity contribution is 6.70.